The van der Waals surface area contributed by atoms with Gasteiger partial charge in [0.15, 0.2) is 0 Å². The predicted molar refractivity (Wildman–Crippen MR) is 64.9 cm³/mol. The lowest BCUT2D eigenvalue weighted by atomic mass is 9.92. The summed E-state index contributed by atoms with van der Waals surface area (Å²) >= 11 is 0. The summed E-state index contributed by atoms with van der Waals surface area (Å²) < 4.78 is 0. The molecule has 5 nitrogen and oxygen atoms in total. The summed E-state index contributed by atoms with van der Waals surface area (Å²) in [5.41, 5.74) is 0. The number of carbonyl (C=O) groups is 2. The number of hydrogen-bond acceptors (Lipinski definition) is 3. The fourth-order valence-electron chi connectivity index (χ4n) is 3.12. The molecule has 1 aliphatic carbocycles. The number of rotatable bonds is 3. The van der Waals surface area contributed by atoms with Gasteiger partial charge in [0.1, 0.15) is 0 Å². The van der Waals surface area contributed by atoms with Gasteiger partial charge in [0.2, 0.25) is 5.91 Å². The molecule has 18 heavy (non-hydrogen) atoms. The fourth-order valence-corrected chi connectivity index (χ4v) is 3.12. The number of aliphatic hydroxyl groups is 1. The zero-order valence-electron chi connectivity index (χ0n) is 10.5. The Hall–Kier alpha value is -1.10. The van der Waals surface area contributed by atoms with Crippen molar-refractivity contribution in [3.05, 3.63) is 0 Å². The van der Waals surface area contributed by atoms with E-state index in [1.165, 1.54) is 0 Å². The smallest absolute Gasteiger partial charge is 0.307 e. The number of aliphatic hydroxyl groups excluding tert-OH is 1. The molecule has 0 unspecified atom stereocenters. The molecule has 1 heterocycles. The van der Waals surface area contributed by atoms with E-state index in [2.05, 4.69) is 0 Å². The predicted octanol–water partition coefficient (Wildman–Crippen LogP) is 0.718. The van der Waals surface area contributed by atoms with Crippen LogP contribution in [0.4, 0.5) is 0 Å². The highest BCUT2D eigenvalue weighted by molar-refractivity contribution is 5.85. The molecular formula is C13H21NO4. The standard InChI is InChI=1S/C13H21NO4/c15-8-9-4-6-14(7-5-9)12(16)10-2-1-3-11(10)13(17)18/h9-11,15H,1-8H2,(H,17,18)/t10-,11+/m1/s1. The normalized spacial score (nSPS) is 29.5. The van der Waals surface area contributed by atoms with Crippen LogP contribution in [0.2, 0.25) is 0 Å². The number of aliphatic carboxylic acids is 1. The molecule has 5 heteroatoms. The maximum Gasteiger partial charge on any atom is 0.307 e. The molecule has 102 valence electrons. The first-order chi connectivity index (χ1) is 8.63. The molecule has 2 rings (SSSR count). The quantitative estimate of drug-likeness (QED) is 0.779. The van der Waals surface area contributed by atoms with Gasteiger partial charge in [-0.2, -0.15) is 0 Å². The summed E-state index contributed by atoms with van der Waals surface area (Å²) in [5, 5.41) is 18.2. The molecule has 2 fully saturated rings. The van der Waals surface area contributed by atoms with Crippen molar-refractivity contribution >= 4 is 11.9 Å². The highest BCUT2D eigenvalue weighted by Crippen LogP contribution is 2.34. The van der Waals surface area contributed by atoms with Crippen molar-refractivity contribution in [2.45, 2.75) is 32.1 Å². The number of piperidine rings is 1. The van der Waals surface area contributed by atoms with Crippen molar-refractivity contribution < 1.29 is 19.8 Å². The van der Waals surface area contributed by atoms with E-state index in [0.29, 0.717) is 31.8 Å². The summed E-state index contributed by atoms with van der Waals surface area (Å²) in [6.07, 6.45) is 3.81. The van der Waals surface area contributed by atoms with E-state index in [0.717, 1.165) is 19.3 Å². The molecule has 2 aliphatic rings. The van der Waals surface area contributed by atoms with Crippen LogP contribution in [-0.4, -0.2) is 46.7 Å². The largest absolute Gasteiger partial charge is 0.481 e. The van der Waals surface area contributed by atoms with Crippen LogP contribution in [-0.2, 0) is 9.59 Å². The van der Waals surface area contributed by atoms with Crippen LogP contribution in [0.15, 0.2) is 0 Å². The van der Waals surface area contributed by atoms with Crippen LogP contribution in [0.1, 0.15) is 32.1 Å². The van der Waals surface area contributed by atoms with E-state index in [1.807, 2.05) is 0 Å². The molecule has 0 aromatic rings. The SMILES string of the molecule is O=C(O)[C@H]1CCC[C@H]1C(=O)N1CCC(CO)CC1. The molecule has 1 saturated heterocycles. The van der Waals surface area contributed by atoms with Gasteiger partial charge in [0.25, 0.3) is 0 Å². The fraction of sp³-hybridized carbons (Fsp3) is 0.846. The third-order valence-electron chi connectivity index (χ3n) is 4.33. The Morgan fingerprint density at radius 3 is 2.22 bits per heavy atom. The minimum atomic E-state index is -0.837. The van der Waals surface area contributed by atoms with Crippen molar-refractivity contribution in [3.8, 4) is 0 Å². The van der Waals surface area contributed by atoms with Crippen LogP contribution in [0, 0.1) is 17.8 Å². The van der Waals surface area contributed by atoms with Gasteiger partial charge in [-0.3, -0.25) is 9.59 Å². The highest BCUT2D eigenvalue weighted by Gasteiger charge is 2.40. The number of carbonyl (C=O) groups excluding carboxylic acids is 1. The maximum atomic E-state index is 12.3. The van der Waals surface area contributed by atoms with E-state index in [9.17, 15) is 9.59 Å². The first-order valence-corrected chi connectivity index (χ1v) is 6.76. The molecule has 0 radical (unpaired) electrons. The molecule has 0 aromatic carbocycles. The monoisotopic (exact) mass is 255 g/mol. The van der Waals surface area contributed by atoms with Crippen LogP contribution in [0.5, 0.6) is 0 Å². The number of likely N-dealkylation sites (tertiary alicyclic amines) is 1. The second kappa shape index (κ2) is 5.69. The van der Waals surface area contributed by atoms with Crippen molar-refractivity contribution in [1.29, 1.82) is 0 Å². The summed E-state index contributed by atoms with van der Waals surface area (Å²) in [4.78, 5) is 25.2. The Balaban J connectivity index is 1.93. The summed E-state index contributed by atoms with van der Waals surface area (Å²) in [6.45, 7) is 1.50. The number of hydrogen-bond donors (Lipinski definition) is 2. The zero-order chi connectivity index (χ0) is 13.1. The second-order valence-electron chi connectivity index (χ2n) is 5.43. The average Bonchev–Trinajstić information content (AvgIpc) is 2.87. The van der Waals surface area contributed by atoms with Crippen LogP contribution in [0.25, 0.3) is 0 Å². The summed E-state index contributed by atoms with van der Waals surface area (Å²) in [7, 11) is 0. The van der Waals surface area contributed by atoms with Gasteiger partial charge in [-0.1, -0.05) is 6.42 Å². The van der Waals surface area contributed by atoms with Gasteiger partial charge in [-0.25, -0.2) is 0 Å². The molecule has 1 amide bonds. The van der Waals surface area contributed by atoms with Gasteiger partial charge in [0, 0.05) is 19.7 Å². The third-order valence-corrected chi connectivity index (χ3v) is 4.33. The number of carboxylic acids is 1. The van der Waals surface area contributed by atoms with Crippen molar-refractivity contribution in [3.63, 3.8) is 0 Å². The lowest BCUT2D eigenvalue weighted by molar-refractivity contribution is -0.149. The van der Waals surface area contributed by atoms with E-state index in [1.54, 1.807) is 4.90 Å². The lowest BCUT2D eigenvalue weighted by Crippen LogP contribution is -2.44. The second-order valence-corrected chi connectivity index (χ2v) is 5.43. The molecule has 2 atom stereocenters. The third kappa shape index (κ3) is 2.66. The molecule has 1 saturated carbocycles. The summed E-state index contributed by atoms with van der Waals surface area (Å²) in [5.74, 6) is -1.35. The van der Waals surface area contributed by atoms with Gasteiger partial charge in [-0.15, -0.1) is 0 Å². The first kappa shape index (κ1) is 13.3. The topological polar surface area (TPSA) is 77.8 Å². The Bertz CT molecular complexity index is 323. The van der Waals surface area contributed by atoms with Crippen LogP contribution < -0.4 is 0 Å². The van der Waals surface area contributed by atoms with Crippen molar-refractivity contribution in [1.82, 2.24) is 4.90 Å². The summed E-state index contributed by atoms with van der Waals surface area (Å²) in [6, 6.07) is 0. The number of carboxylic acid groups (broad SMARTS) is 1. The Morgan fingerprint density at radius 2 is 1.67 bits per heavy atom. The highest BCUT2D eigenvalue weighted by atomic mass is 16.4. The average molecular weight is 255 g/mol. The van der Waals surface area contributed by atoms with Gasteiger partial charge < -0.3 is 15.1 Å². The van der Waals surface area contributed by atoms with E-state index in [-0.39, 0.29) is 18.4 Å². The first-order valence-electron chi connectivity index (χ1n) is 6.76. The van der Waals surface area contributed by atoms with Crippen molar-refractivity contribution in [2.75, 3.05) is 19.7 Å². The molecule has 1 aliphatic heterocycles. The van der Waals surface area contributed by atoms with E-state index >= 15 is 0 Å². The van der Waals surface area contributed by atoms with Crippen LogP contribution >= 0.6 is 0 Å². The molecular weight excluding hydrogens is 234 g/mol. The zero-order valence-corrected chi connectivity index (χ0v) is 10.5. The maximum absolute atomic E-state index is 12.3. The van der Waals surface area contributed by atoms with Gasteiger partial charge in [0.05, 0.1) is 11.8 Å². The van der Waals surface area contributed by atoms with Gasteiger partial charge >= 0.3 is 5.97 Å². The Labute approximate surface area is 107 Å². The minimum Gasteiger partial charge on any atom is -0.481 e. The Kier molecular flexibility index (Phi) is 4.22. The van der Waals surface area contributed by atoms with Crippen molar-refractivity contribution in [2.24, 2.45) is 17.8 Å². The lowest BCUT2D eigenvalue weighted by Gasteiger charge is -2.33. The Morgan fingerprint density at radius 1 is 1.06 bits per heavy atom. The molecule has 0 bridgehead atoms. The molecule has 0 spiro atoms. The number of amides is 1. The number of nitrogens with zero attached hydrogens (tertiary/aromatic N) is 1. The molecule has 0 aromatic heterocycles. The van der Waals surface area contributed by atoms with Gasteiger partial charge in [-0.05, 0) is 31.6 Å². The van der Waals surface area contributed by atoms with E-state index in [4.69, 9.17) is 10.2 Å². The van der Waals surface area contributed by atoms with Crippen LogP contribution in [0.3, 0.4) is 0 Å². The van der Waals surface area contributed by atoms with E-state index < -0.39 is 11.9 Å². The molecule has 2 N–H and O–H groups in total. The minimum absolute atomic E-state index is 0.0105.